The first-order chi connectivity index (χ1) is 5.83. The molecule has 0 saturated carbocycles. The summed E-state index contributed by atoms with van der Waals surface area (Å²) in [5.41, 5.74) is 3.03. The average Bonchev–Trinajstić information content (AvgIpc) is 2.45. The van der Waals surface area contributed by atoms with E-state index in [4.69, 9.17) is 9.57 Å². The second kappa shape index (κ2) is 5.48. The lowest BCUT2D eigenvalue weighted by Gasteiger charge is -2.12. The number of rotatable bonds is 5. The second-order valence-corrected chi connectivity index (χ2v) is 3.21. The number of methoxy groups -OCH3 is 1. The van der Waals surface area contributed by atoms with Crippen molar-refractivity contribution in [3.63, 3.8) is 0 Å². The van der Waals surface area contributed by atoms with Crippen molar-refractivity contribution in [2.75, 3.05) is 40.5 Å². The minimum atomic E-state index is 0.492. The first-order valence-corrected chi connectivity index (χ1v) is 4.37. The molecule has 1 saturated heterocycles. The normalized spacial score (nSPS) is 25.0. The molecule has 1 heterocycles. The lowest BCUT2D eigenvalue weighted by molar-refractivity contribution is -0.00973. The van der Waals surface area contributed by atoms with Gasteiger partial charge in [-0.05, 0) is 20.0 Å². The molecule has 0 aromatic carbocycles. The van der Waals surface area contributed by atoms with Crippen LogP contribution in [0, 0.1) is 0 Å². The van der Waals surface area contributed by atoms with E-state index in [1.54, 1.807) is 7.11 Å². The Labute approximate surface area is 73.8 Å². The van der Waals surface area contributed by atoms with Crippen LogP contribution in [0.4, 0.5) is 0 Å². The third-order valence-electron chi connectivity index (χ3n) is 2.03. The van der Waals surface area contributed by atoms with E-state index in [1.807, 2.05) is 0 Å². The molecule has 0 aromatic rings. The molecule has 0 aromatic heterocycles. The van der Waals surface area contributed by atoms with Gasteiger partial charge in [-0.2, -0.15) is 5.48 Å². The Morgan fingerprint density at radius 2 is 2.33 bits per heavy atom. The molecule has 4 nitrogen and oxygen atoms in total. The summed E-state index contributed by atoms with van der Waals surface area (Å²) in [5.74, 6) is 0. The van der Waals surface area contributed by atoms with Crippen LogP contribution in [0.25, 0.3) is 0 Å². The molecule has 72 valence electrons. The van der Waals surface area contributed by atoms with Crippen molar-refractivity contribution in [2.45, 2.75) is 12.5 Å². The van der Waals surface area contributed by atoms with Crippen molar-refractivity contribution in [1.29, 1.82) is 0 Å². The molecular weight excluding hydrogens is 156 g/mol. The zero-order valence-electron chi connectivity index (χ0n) is 7.88. The van der Waals surface area contributed by atoms with Crippen LogP contribution < -0.4 is 5.48 Å². The van der Waals surface area contributed by atoms with Gasteiger partial charge in [-0.3, -0.25) is 4.84 Å². The van der Waals surface area contributed by atoms with E-state index >= 15 is 0 Å². The first-order valence-electron chi connectivity index (χ1n) is 4.37. The first kappa shape index (κ1) is 9.92. The highest BCUT2D eigenvalue weighted by Crippen LogP contribution is 2.05. The maximum absolute atomic E-state index is 5.20. The van der Waals surface area contributed by atoms with Crippen LogP contribution in [0.2, 0.25) is 0 Å². The minimum Gasteiger partial charge on any atom is -0.382 e. The molecule has 4 heteroatoms. The summed E-state index contributed by atoms with van der Waals surface area (Å²) in [5, 5.41) is 0. The molecule has 1 aliphatic heterocycles. The van der Waals surface area contributed by atoms with Gasteiger partial charge in [0.25, 0.3) is 0 Å². The molecule has 1 N–H and O–H groups in total. The van der Waals surface area contributed by atoms with E-state index in [1.165, 1.54) is 6.42 Å². The van der Waals surface area contributed by atoms with Gasteiger partial charge in [-0.1, -0.05) is 0 Å². The molecule has 1 aliphatic rings. The predicted molar refractivity (Wildman–Crippen MR) is 46.9 cm³/mol. The van der Waals surface area contributed by atoms with Crippen molar-refractivity contribution in [1.82, 2.24) is 10.4 Å². The molecule has 0 bridgehead atoms. The molecular formula is C8H18N2O2. The second-order valence-electron chi connectivity index (χ2n) is 3.21. The van der Waals surface area contributed by atoms with Gasteiger partial charge in [0.2, 0.25) is 0 Å². The monoisotopic (exact) mass is 174 g/mol. The number of hydrogen-bond donors (Lipinski definition) is 1. The number of nitrogens with one attached hydrogen (secondary N) is 1. The molecule has 0 amide bonds. The van der Waals surface area contributed by atoms with Crippen LogP contribution in [-0.2, 0) is 9.57 Å². The van der Waals surface area contributed by atoms with Crippen LogP contribution in [-0.4, -0.2) is 51.4 Å². The van der Waals surface area contributed by atoms with Crippen molar-refractivity contribution in [2.24, 2.45) is 0 Å². The van der Waals surface area contributed by atoms with Crippen LogP contribution in [0.15, 0.2) is 0 Å². The summed E-state index contributed by atoms with van der Waals surface area (Å²) in [7, 11) is 3.80. The van der Waals surface area contributed by atoms with E-state index in [0.717, 1.165) is 13.1 Å². The molecule has 1 unspecified atom stereocenters. The highest BCUT2D eigenvalue weighted by atomic mass is 16.7. The minimum absolute atomic E-state index is 0.492. The summed E-state index contributed by atoms with van der Waals surface area (Å²) in [6, 6.07) is 0.492. The highest BCUT2D eigenvalue weighted by molar-refractivity contribution is 4.75. The average molecular weight is 174 g/mol. The number of likely N-dealkylation sites (N-methyl/N-ethyl adjacent to an activating group) is 1. The number of hydrogen-bond acceptors (Lipinski definition) is 4. The van der Waals surface area contributed by atoms with Gasteiger partial charge < -0.3 is 9.64 Å². The van der Waals surface area contributed by atoms with E-state index in [0.29, 0.717) is 19.3 Å². The summed E-state index contributed by atoms with van der Waals surface area (Å²) in [4.78, 5) is 7.49. The maximum Gasteiger partial charge on any atom is 0.0916 e. The lowest BCUT2D eigenvalue weighted by Crippen LogP contribution is -2.32. The Morgan fingerprint density at radius 1 is 1.50 bits per heavy atom. The van der Waals surface area contributed by atoms with Gasteiger partial charge in [-0.15, -0.1) is 0 Å². The number of ether oxygens (including phenoxy) is 1. The predicted octanol–water partition coefficient (Wildman–Crippen LogP) is -0.142. The smallest absolute Gasteiger partial charge is 0.0916 e. The lowest BCUT2D eigenvalue weighted by atomic mass is 10.3. The highest BCUT2D eigenvalue weighted by Gasteiger charge is 2.18. The Hall–Kier alpha value is -0.160. The van der Waals surface area contributed by atoms with Gasteiger partial charge >= 0.3 is 0 Å². The van der Waals surface area contributed by atoms with Crippen LogP contribution in [0.5, 0.6) is 0 Å². The molecule has 1 fully saturated rings. The van der Waals surface area contributed by atoms with Crippen LogP contribution >= 0.6 is 0 Å². The largest absolute Gasteiger partial charge is 0.382 e. The SMILES string of the molecule is COCCONC1CCN(C)C1. The number of hydroxylamine groups is 1. The summed E-state index contributed by atoms with van der Waals surface area (Å²) < 4.78 is 4.85. The number of likely N-dealkylation sites (tertiary alicyclic amines) is 1. The van der Waals surface area contributed by atoms with Crippen molar-refractivity contribution in [3.05, 3.63) is 0 Å². The van der Waals surface area contributed by atoms with E-state index < -0.39 is 0 Å². The Kier molecular flexibility index (Phi) is 4.53. The number of nitrogens with zero attached hydrogens (tertiary/aromatic N) is 1. The maximum atomic E-state index is 5.20. The zero-order valence-corrected chi connectivity index (χ0v) is 7.88. The molecule has 1 atom stereocenters. The van der Waals surface area contributed by atoms with Gasteiger partial charge in [0.1, 0.15) is 0 Å². The standard InChI is InChI=1S/C8H18N2O2/c1-10-4-3-8(7-10)9-12-6-5-11-2/h8-9H,3-7H2,1-2H3. The fourth-order valence-electron chi connectivity index (χ4n) is 1.33. The Morgan fingerprint density at radius 3 is 2.92 bits per heavy atom. The van der Waals surface area contributed by atoms with E-state index in [2.05, 4.69) is 17.4 Å². The fourth-order valence-corrected chi connectivity index (χ4v) is 1.33. The van der Waals surface area contributed by atoms with Gasteiger partial charge in [-0.25, -0.2) is 0 Å². The van der Waals surface area contributed by atoms with Gasteiger partial charge in [0.15, 0.2) is 0 Å². The quantitative estimate of drug-likeness (QED) is 0.464. The van der Waals surface area contributed by atoms with E-state index in [-0.39, 0.29) is 0 Å². The molecule has 12 heavy (non-hydrogen) atoms. The van der Waals surface area contributed by atoms with Crippen molar-refractivity contribution in [3.8, 4) is 0 Å². The van der Waals surface area contributed by atoms with Gasteiger partial charge in [0, 0.05) is 19.7 Å². The molecule has 0 radical (unpaired) electrons. The molecule has 1 rings (SSSR count). The van der Waals surface area contributed by atoms with Crippen LogP contribution in [0.3, 0.4) is 0 Å². The third-order valence-corrected chi connectivity index (χ3v) is 2.03. The molecule has 0 spiro atoms. The Bertz CT molecular complexity index is 122. The van der Waals surface area contributed by atoms with Crippen molar-refractivity contribution >= 4 is 0 Å². The summed E-state index contributed by atoms with van der Waals surface area (Å²) in [6.45, 7) is 3.50. The van der Waals surface area contributed by atoms with Crippen LogP contribution in [0.1, 0.15) is 6.42 Å². The fraction of sp³-hybridized carbons (Fsp3) is 1.00. The topological polar surface area (TPSA) is 33.7 Å². The zero-order chi connectivity index (χ0) is 8.81. The summed E-state index contributed by atoms with van der Waals surface area (Å²) in [6.07, 6.45) is 1.17. The van der Waals surface area contributed by atoms with Gasteiger partial charge in [0.05, 0.1) is 13.2 Å². The van der Waals surface area contributed by atoms with E-state index in [9.17, 15) is 0 Å². The third kappa shape index (κ3) is 3.49. The summed E-state index contributed by atoms with van der Waals surface area (Å²) >= 11 is 0. The Balaban J connectivity index is 1.93. The van der Waals surface area contributed by atoms with Crippen molar-refractivity contribution < 1.29 is 9.57 Å². The molecule has 0 aliphatic carbocycles.